The van der Waals surface area contributed by atoms with Gasteiger partial charge < -0.3 is 20.2 Å². The van der Waals surface area contributed by atoms with Gasteiger partial charge in [0.05, 0.1) is 42.6 Å². The molecule has 2 aromatic carbocycles. The van der Waals surface area contributed by atoms with Crippen LogP contribution in [0.3, 0.4) is 0 Å². The number of amides is 2. The topological polar surface area (TPSA) is 126 Å². The summed E-state index contributed by atoms with van der Waals surface area (Å²) in [7, 11) is 0. The second-order valence-electron chi connectivity index (χ2n) is 15.7. The van der Waals surface area contributed by atoms with Crippen molar-refractivity contribution in [2.24, 2.45) is 16.6 Å². The summed E-state index contributed by atoms with van der Waals surface area (Å²) in [6.45, 7) is 10.3. The van der Waals surface area contributed by atoms with E-state index in [1.54, 1.807) is 60.7 Å². The van der Waals surface area contributed by atoms with Gasteiger partial charge in [-0.25, -0.2) is 37.1 Å². The predicted molar refractivity (Wildman–Crippen MR) is 189 cm³/mol. The lowest BCUT2D eigenvalue weighted by Gasteiger charge is -2.30. The maximum Gasteiger partial charge on any atom is 0.411 e. The molecule has 2 aliphatic heterocycles. The summed E-state index contributed by atoms with van der Waals surface area (Å²) >= 11 is 0. The quantitative estimate of drug-likeness (QED) is 0.149. The number of hydrogen-bond acceptors (Lipinski definition) is 6. The number of aliphatic imine (C=N–C) groups is 1. The molecule has 2 unspecified atom stereocenters. The first-order chi connectivity index (χ1) is 24.1. The number of carbonyl (C=O) groups is 2. The molecule has 3 aromatic rings. The Morgan fingerprint density at radius 1 is 0.885 bits per heavy atom. The number of aromatic amines is 1. The van der Waals surface area contributed by atoms with Crippen molar-refractivity contribution in [1.82, 2.24) is 19.8 Å². The van der Waals surface area contributed by atoms with E-state index >= 15 is 0 Å². The van der Waals surface area contributed by atoms with Crippen molar-refractivity contribution in [1.29, 1.82) is 0 Å². The second kappa shape index (κ2) is 12.7. The van der Waals surface area contributed by atoms with E-state index in [0.29, 0.717) is 17.0 Å². The van der Waals surface area contributed by atoms with Crippen LogP contribution in [0.15, 0.2) is 65.8 Å². The minimum atomic E-state index is -3.11. The molecule has 3 N–H and O–H groups in total. The van der Waals surface area contributed by atoms with Crippen molar-refractivity contribution in [3.8, 4) is 22.4 Å². The van der Waals surface area contributed by atoms with E-state index < -0.39 is 72.2 Å². The molecule has 1 aliphatic carbocycles. The normalized spacial score (nSPS) is 24.1. The number of rotatable bonds is 6. The van der Waals surface area contributed by atoms with Gasteiger partial charge in [-0.1, -0.05) is 54.6 Å². The van der Waals surface area contributed by atoms with Crippen LogP contribution in [0.1, 0.15) is 78.7 Å². The Morgan fingerprint density at radius 2 is 1.44 bits per heavy atom. The molecule has 0 radical (unpaired) electrons. The van der Waals surface area contributed by atoms with Gasteiger partial charge >= 0.3 is 12.2 Å². The van der Waals surface area contributed by atoms with Crippen molar-refractivity contribution in [2.75, 3.05) is 13.1 Å². The number of nitrogens with zero attached hydrogens (tertiary/aromatic N) is 4. The fourth-order valence-electron chi connectivity index (χ4n) is 6.90. The molecule has 3 aliphatic rings. The lowest BCUT2D eigenvalue weighted by Crippen LogP contribution is -2.50. The lowest BCUT2D eigenvalue weighted by atomic mass is 10.0. The molecule has 1 saturated carbocycles. The summed E-state index contributed by atoms with van der Waals surface area (Å²) in [4.78, 5) is 39.7. The van der Waals surface area contributed by atoms with Crippen molar-refractivity contribution < 1.29 is 36.6 Å². The van der Waals surface area contributed by atoms with Crippen LogP contribution in [0, 0.1) is 5.92 Å². The van der Waals surface area contributed by atoms with E-state index in [1.165, 1.54) is 0 Å². The van der Waals surface area contributed by atoms with Gasteiger partial charge in [-0.3, -0.25) is 9.80 Å². The van der Waals surface area contributed by atoms with Crippen LogP contribution in [0.4, 0.5) is 27.2 Å². The van der Waals surface area contributed by atoms with Gasteiger partial charge in [0.2, 0.25) is 0 Å². The van der Waals surface area contributed by atoms with Gasteiger partial charge in [-0.15, -0.1) is 0 Å². The smallest absolute Gasteiger partial charge is 0.411 e. The number of H-pyrrole nitrogens is 1. The third kappa shape index (κ3) is 7.24. The molecule has 0 spiro atoms. The van der Waals surface area contributed by atoms with E-state index in [4.69, 9.17) is 15.2 Å². The predicted octanol–water partition coefficient (Wildman–Crippen LogP) is 8.42. The van der Waals surface area contributed by atoms with Crippen molar-refractivity contribution in [3.63, 3.8) is 0 Å². The number of benzene rings is 2. The third-order valence-corrected chi connectivity index (χ3v) is 9.38. The molecule has 6 rings (SSSR count). The summed E-state index contributed by atoms with van der Waals surface area (Å²) in [5.41, 5.74) is 7.65. The number of hydrogen-bond donors (Lipinski definition) is 2. The molecule has 3 atom stereocenters. The minimum Gasteiger partial charge on any atom is -0.444 e. The van der Waals surface area contributed by atoms with Gasteiger partial charge in [-0.05, 0) is 77.1 Å². The first kappa shape index (κ1) is 36.9. The minimum absolute atomic E-state index is 0.00140. The number of halogens is 4. The zero-order valence-corrected chi connectivity index (χ0v) is 30.3. The number of nitrogens with two attached hydrogens (primary N) is 1. The van der Waals surface area contributed by atoms with E-state index in [1.807, 2.05) is 48.5 Å². The molecular formula is C38H44F4N6O4. The average molecular weight is 725 g/mol. The Morgan fingerprint density at radius 3 is 2.00 bits per heavy atom. The maximum absolute atomic E-state index is 14.9. The Labute approximate surface area is 300 Å². The number of aromatic nitrogens is 2. The highest BCUT2D eigenvalue weighted by Crippen LogP contribution is 2.62. The van der Waals surface area contributed by atoms with Crippen LogP contribution in [0.2, 0.25) is 0 Å². The highest BCUT2D eigenvalue weighted by Gasteiger charge is 2.78. The highest BCUT2D eigenvalue weighted by atomic mass is 19.3. The zero-order chi connectivity index (χ0) is 38.0. The van der Waals surface area contributed by atoms with Gasteiger partial charge in [0.15, 0.2) is 0 Å². The van der Waals surface area contributed by atoms with Crippen molar-refractivity contribution in [2.45, 2.75) is 95.9 Å². The number of piperidine rings is 1. The number of carbonyl (C=O) groups excluding carboxylic acids is 2. The summed E-state index contributed by atoms with van der Waals surface area (Å²) in [6, 6.07) is 14.1. The molecule has 278 valence electrons. The number of alkyl halides is 4. The molecular weight excluding hydrogens is 680 g/mol. The van der Waals surface area contributed by atoms with E-state index in [2.05, 4.69) is 15.0 Å². The molecule has 14 heteroatoms. The average Bonchev–Trinajstić information content (AvgIpc) is 3.35. The van der Waals surface area contributed by atoms with Crippen LogP contribution < -0.4 is 5.73 Å². The first-order valence-corrected chi connectivity index (χ1v) is 17.2. The van der Waals surface area contributed by atoms with Crippen LogP contribution in [-0.4, -0.2) is 79.5 Å². The third-order valence-electron chi connectivity index (χ3n) is 9.38. The Hall–Kier alpha value is -4.88. The molecule has 10 nitrogen and oxygen atoms in total. The summed E-state index contributed by atoms with van der Waals surface area (Å²) in [6.07, 6.45) is 1.05. The Bertz CT molecular complexity index is 1910. The van der Waals surface area contributed by atoms with Gasteiger partial charge in [-0.2, -0.15) is 0 Å². The van der Waals surface area contributed by atoms with E-state index in [0.717, 1.165) is 26.5 Å². The number of nitrogens with one attached hydrogen (secondary N) is 1. The molecule has 0 bridgehead atoms. The number of fused-ring (bicyclic) bond motifs is 1. The number of amidine groups is 1. The van der Waals surface area contributed by atoms with Crippen LogP contribution in [0.5, 0.6) is 0 Å². The number of ether oxygens (including phenoxy) is 2. The van der Waals surface area contributed by atoms with Crippen molar-refractivity contribution in [3.05, 3.63) is 72.2 Å². The molecule has 3 fully saturated rings. The summed E-state index contributed by atoms with van der Waals surface area (Å²) in [5, 5.41) is 0. The summed E-state index contributed by atoms with van der Waals surface area (Å²) in [5.74, 6) is -7.13. The standard InChI is InChI=1S/C38H44F4N6O4/c1-8-26(46-31(43)37-18-29(37)38(41,42)21-48(37)33(50)52-35(5,6)7)24-13-9-22(10-14-24)23-11-15-25(16-12-23)27-19-44-30(45-27)28-17-36(39,40)20-47(28)32(49)51-34(2,3)4/h8-16,19,28-29H,17-18,20-21H2,1-7H3,(H2,43,46)(H,44,45)/b26-8-/t28-,29?,37?/m0/s1. The summed E-state index contributed by atoms with van der Waals surface area (Å²) < 4.78 is 69.4. The monoisotopic (exact) mass is 724 g/mol. The second-order valence-corrected chi connectivity index (χ2v) is 15.7. The van der Waals surface area contributed by atoms with Crippen LogP contribution in [0.25, 0.3) is 28.1 Å². The number of likely N-dealkylation sites (tertiary alicyclic amines) is 2. The zero-order valence-electron chi connectivity index (χ0n) is 30.3. The van der Waals surface area contributed by atoms with Gasteiger partial charge in [0.1, 0.15) is 28.4 Å². The van der Waals surface area contributed by atoms with E-state index in [-0.39, 0.29) is 18.1 Å². The Balaban J connectivity index is 1.16. The largest absolute Gasteiger partial charge is 0.444 e. The SMILES string of the molecule is C/C=C(\N=C(N)C12CC1C(F)(F)CN2C(=O)OC(C)(C)C)c1ccc(-c2ccc(-c3cnc([C@@H]4CC(F)(F)CN4C(=O)OC(C)(C)C)[nH]3)cc2)cc1. The fraction of sp³-hybridized carbons (Fsp3) is 0.474. The fourth-order valence-corrected chi connectivity index (χ4v) is 6.90. The van der Waals surface area contributed by atoms with Crippen molar-refractivity contribution >= 4 is 23.7 Å². The van der Waals surface area contributed by atoms with Gasteiger partial charge in [0.25, 0.3) is 11.8 Å². The maximum atomic E-state index is 14.9. The molecule has 2 amide bonds. The molecule has 1 aromatic heterocycles. The lowest BCUT2D eigenvalue weighted by molar-refractivity contribution is -0.0256. The molecule has 3 heterocycles. The first-order valence-electron chi connectivity index (χ1n) is 17.2. The molecule has 2 saturated heterocycles. The van der Waals surface area contributed by atoms with E-state index in [9.17, 15) is 27.2 Å². The molecule has 52 heavy (non-hydrogen) atoms. The number of imidazole rings is 1. The van der Waals surface area contributed by atoms with Crippen LogP contribution >= 0.6 is 0 Å². The Kier molecular flexibility index (Phi) is 8.98. The highest BCUT2D eigenvalue weighted by molar-refractivity contribution is 6.00. The van der Waals surface area contributed by atoms with Gasteiger partial charge in [0, 0.05) is 6.42 Å². The number of allylic oxidation sites excluding steroid dienone is 1. The van der Waals surface area contributed by atoms with Crippen LogP contribution in [-0.2, 0) is 9.47 Å².